The van der Waals surface area contributed by atoms with Gasteiger partial charge in [0.15, 0.2) is 0 Å². The molecule has 19 heavy (non-hydrogen) atoms. The Morgan fingerprint density at radius 3 is 2.58 bits per heavy atom. The number of rotatable bonds is 3. The van der Waals surface area contributed by atoms with Crippen molar-refractivity contribution in [3.05, 3.63) is 44.9 Å². The van der Waals surface area contributed by atoms with E-state index in [-0.39, 0.29) is 22.9 Å². The lowest BCUT2D eigenvalue weighted by atomic mass is 10.1. The minimum atomic E-state index is -0.370. The highest BCUT2D eigenvalue weighted by Gasteiger charge is 2.15. The number of nitrogens with two attached hydrogens (primary N) is 1. The Labute approximate surface area is 118 Å². The summed E-state index contributed by atoms with van der Waals surface area (Å²) in [6.45, 7) is 2.18. The summed E-state index contributed by atoms with van der Waals surface area (Å²) < 4.78 is 0.897. The van der Waals surface area contributed by atoms with Crippen LogP contribution in [0.5, 0.6) is 5.88 Å². The van der Waals surface area contributed by atoms with Crippen molar-refractivity contribution in [2.24, 2.45) is 5.73 Å². The number of aromatic nitrogens is 2. The van der Waals surface area contributed by atoms with E-state index in [4.69, 9.17) is 5.73 Å². The first-order chi connectivity index (χ1) is 9.02. The molecular formula is C13H14BrN3O2. The van der Waals surface area contributed by atoms with Crippen molar-refractivity contribution in [1.29, 1.82) is 0 Å². The molecule has 0 amide bonds. The van der Waals surface area contributed by atoms with Crippen molar-refractivity contribution < 1.29 is 5.11 Å². The van der Waals surface area contributed by atoms with Gasteiger partial charge in [-0.2, -0.15) is 4.98 Å². The summed E-state index contributed by atoms with van der Waals surface area (Å²) in [6.07, 6.45) is 0. The number of nitrogens with zero attached hydrogens (tertiary/aromatic N) is 1. The van der Waals surface area contributed by atoms with Crippen molar-refractivity contribution in [2.75, 3.05) is 6.54 Å². The van der Waals surface area contributed by atoms with Crippen LogP contribution in [0, 0.1) is 0 Å². The Hall–Kier alpha value is -1.66. The average molecular weight is 324 g/mol. The first-order valence-electron chi connectivity index (χ1n) is 5.82. The zero-order valence-electron chi connectivity index (χ0n) is 10.4. The second kappa shape index (κ2) is 5.54. The molecule has 0 fully saturated rings. The van der Waals surface area contributed by atoms with E-state index >= 15 is 0 Å². The molecule has 1 aromatic heterocycles. The molecule has 2 rings (SSSR count). The van der Waals surface area contributed by atoms with Crippen LogP contribution in [0.2, 0.25) is 0 Å². The quantitative estimate of drug-likeness (QED) is 0.805. The van der Waals surface area contributed by atoms with Gasteiger partial charge in [0.25, 0.3) is 5.56 Å². The smallest absolute Gasteiger partial charge is 0.262 e. The Morgan fingerprint density at radius 1 is 1.42 bits per heavy atom. The van der Waals surface area contributed by atoms with Crippen molar-refractivity contribution in [1.82, 2.24) is 9.97 Å². The summed E-state index contributed by atoms with van der Waals surface area (Å²) in [6, 6.07) is 7.07. The predicted molar refractivity (Wildman–Crippen MR) is 77.1 cm³/mol. The largest absolute Gasteiger partial charge is 0.493 e. The van der Waals surface area contributed by atoms with Crippen LogP contribution in [0.1, 0.15) is 18.7 Å². The fourth-order valence-corrected chi connectivity index (χ4v) is 1.96. The van der Waals surface area contributed by atoms with Gasteiger partial charge in [-0.25, -0.2) is 0 Å². The van der Waals surface area contributed by atoms with Gasteiger partial charge >= 0.3 is 0 Å². The summed E-state index contributed by atoms with van der Waals surface area (Å²) in [5, 5.41) is 9.96. The van der Waals surface area contributed by atoms with Gasteiger partial charge in [-0.15, -0.1) is 0 Å². The number of aromatic hydroxyl groups is 1. The van der Waals surface area contributed by atoms with E-state index in [1.54, 1.807) is 24.3 Å². The molecule has 1 unspecified atom stereocenters. The standard InChI is InChI=1S/C13H14BrN3O2/c1-7(6-15)11-16-12(18)10(13(19)17-11)8-2-4-9(14)5-3-8/h2-5,7H,6,15H2,1H3,(H2,16,17,18,19). The zero-order chi connectivity index (χ0) is 14.0. The van der Waals surface area contributed by atoms with Crippen LogP contribution in [0.25, 0.3) is 11.1 Å². The molecule has 0 aliphatic carbocycles. The molecule has 0 aliphatic heterocycles. The van der Waals surface area contributed by atoms with E-state index in [0.717, 1.165) is 4.47 Å². The molecule has 1 atom stereocenters. The summed E-state index contributed by atoms with van der Waals surface area (Å²) in [5.74, 6) is 0.00445. The maximum absolute atomic E-state index is 12.1. The van der Waals surface area contributed by atoms with Crippen LogP contribution in [0.3, 0.4) is 0 Å². The van der Waals surface area contributed by atoms with Gasteiger partial charge in [-0.1, -0.05) is 35.0 Å². The lowest BCUT2D eigenvalue weighted by Crippen LogP contribution is -2.19. The number of halogens is 1. The second-order valence-electron chi connectivity index (χ2n) is 4.29. The molecule has 0 spiro atoms. The van der Waals surface area contributed by atoms with E-state index in [2.05, 4.69) is 25.9 Å². The molecule has 2 aromatic rings. The minimum Gasteiger partial charge on any atom is -0.493 e. The molecule has 1 heterocycles. The third-order valence-corrected chi connectivity index (χ3v) is 3.40. The van der Waals surface area contributed by atoms with Gasteiger partial charge in [0.1, 0.15) is 11.4 Å². The van der Waals surface area contributed by atoms with Crippen LogP contribution >= 0.6 is 15.9 Å². The van der Waals surface area contributed by atoms with Crippen LogP contribution in [-0.2, 0) is 0 Å². The molecule has 4 N–H and O–H groups in total. The number of nitrogens with one attached hydrogen (secondary N) is 1. The molecule has 1 aromatic carbocycles. The van der Waals surface area contributed by atoms with Gasteiger partial charge in [-0.3, -0.25) is 4.79 Å². The Bertz CT molecular complexity index is 637. The number of hydrogen-bond donors (Lipinski definition) is 3. The van der Waals surface area contributed by atoms with Gasteiger partial charge in [0, 0.05) is 16.9 Å². The third-order valence-electron chi connectivity index (χ3n) is 2.87. The maximum Gasteiger partial charge on any atom is 0.262 e. The van der Waals surface area contributed by atoms with Gasteiger partial charge in [-0.05, 0) is 17.7 Å². The molecule has 100 valence electrons. The third kappa shape index (κ3) is 2.85. The van der Waals surface area contributed by atoms with E-state index in [9.17, 15) is 9.90 Å². The van der Waals surface area contributed by atoms with Gasteiger partial charge in [0.2, 0.25) is 5.88 Å². The van der Waals surface area contributed by atoms with E-state index in [1.165, 1.54) is 0 Å². The number of benzene rings is 1. The fourth-order valence-electron chi connectivity index (χ4n) is 1.70. The Morgan fingerprint density at radius 2 is 2.05 bits per heavy atom. The van der Waals surface area contributed by atoms with Gasteiger partial charge < -0.3 is 15.8 Å². The summed E-state index contributed by atoms with van der Waals surface area (Å²) >= 11 is 3.32. The lowest BCUT2D eigenvalue weighted by Gasteiger charge is -2.10. The average Bonchev–Trinajstić information content (AvgIpc) is 2.39. The molecule has 0 saturated heterocycles. The maximum atomic E-state index is 12.1. The van der Waals surface area contributed by atoms with Gasteiger partial charge in [0.05, 0.1) is 0 Å². The molecular weight excluding hydrogens is 310 g/mol. The van der Waals surface area contributed by atoms with Crippen LogP contribution < -0.4 is 11.3 Å². The van der Waals surface area contributed by atoms with Crippen LogP contribution in [0.4, 0.5) is 0 Å². The van der Waals surface area contributed by atoms with E-state index in [1.807, 2.05) is 6.92 Å². The molecule has 5 nitrogen and oxygen atoms in total. The fraction of sp³-hybridized carbons (Fsp3) is 0.231. The van der Waals surface area contributed by atoms with E-state index in [0.29, 0.717) is 17.9 Å². The summed E-state index contributed by atoms with van der Waals surface area (Å²) in [7, 11) is 0. The highest BCUT2D eigenvalue weighted by molar-refractivity contribution is 9.10. The molecule has 6 heteroatoms. The van der Waals surface area contributed by atoms with Crippen molar-refractivity contribution in [3.8, 4) is 17.0 Å². The normalized spacial score (nSPS) is 12.4. The van der Waals surface area contributed by atoms with Crippen molar-refractivity contribution >= 4 is 15.9 Å². The predicted octanol–water partition coefficient (Wildman–Crippen LogP) is 1.97. The second-order valence-corrected chi connectivity index (χ2v) is 5.21. The monoisotopic (exact) mass is 323 g/mol. The SMILES string of the molecule is CC(CN)c1nc(O)c(-c2ccc(Br)cc2)c(=O)[nH]1. The summed E-state index contributed by atoms with van der Waals surface area (Å²) in [4.78, 5) is 18.7. The highest BCUT2D eigenvalue weighted by atomic mass is 79.9. The highest BCUT2D eigenvalue weighted by Crippen LogP contribution is 2.25. The first kappa shape index (κ1) is 13.8. The van der Waals surface area contributed by atoms with Crippen molar-refractivity contribution in [2.45, 2.75) is 12.8 Å². The van der Waals surface area contributed by atoms with Crippen LogP contribution in [-0.4, -0.2) is 21.6 Å². The van der Waals surface area contributed by atoms with Crippen LogP contribution in [0.15, 0.2) is 33.5 Å². The molecule has 0 bridgehead atoms. The summed E-state index contributed by atoms with van der Waals surface area (Å²) in [5.41, 5.74) is 5.93. The number of hydrogen-bond acceptors (Lipinski definition) is 4. The molecule has 0 aliphatic rings. The number of aromatic amines is 1. The van der Waals surface area contributed by atoms with E-state index < -0.39 is 0 Å². The lowest BCUT2D eigenvalue weighted by molar-refractivity contribution is 0.447. The zero-order valence-corrected chi connectivity index (χ0v) is 11.9. The topological polar surface area (TPSA) is 92.0 Å². The first-order valence-corrected chi connectivity index (χ1v) is 6.61. The molecule has 0 radical (unpaired) electrons. The minimum absolute atomic E-state index is 0.113. The van der Waals surface area contributed by atoms with Crippen molar-refractivity contribution in [3.63, 3.8) is 0 Å². The Balaban J connectivity index is 2.54. The molecule has 0 saturated carbocycles. The Kier molecular flexibility index (Phi) is 4.01. The number of H-pyrrole nitrogens is 1.